The van der Waals surface area contributed by atoms with Crippen LogP contribution in [0.4, 0.5) is 0 Å². The third-order valence-electron chi connectivity index (χ3n) is 6.63. The van der Waals surface area contributed by atoms with Gasteiger partial charge in [0.15, 0.2) is 0 Å². The number of allylic oxidation sites excluding steroid dienone is 2. The highest BCUT2D eigenvalue weighted by Crippen LogP contribution is 2.16. The van der Waals surface area contributed by atoms with Crippen LogP contribution < -0.4 is 0 Å². The highest BCUT2D eigenvalue weighted by atomic mass is 16.1. The maximum Gasteiger partial charge on any atom is 0.202 e. The van der Waals surface area contributed by atoms with Gasteiger partial charge in [0.25, 0.3) is 0 Å². The monoisotopic (exact) mass is 433 g/mol. The average molecular weight is 434 g/mol. The predicted molar refractivity (Wildman–Crippen MR) is 140 cm³/mol. The Hall–Kier alpha value is -0.590. The van der Waals surface area contributed by atoms with Gasteiger partial charge in [0, 0.05) is 5.92 Å². The zero-order valence-corrected chi connectivity index (χ0v) is 21.6. The second kappa shape index (κ2) is 27.4. The van der Waals surface area contributed by atoms with E-state index in [2.05, 4.69) is 32.3 Å². The molecular formula is C30H57O. The van der Waals surface area contributed by atoms with Crippen LogP contribution in [0.5, 0.6) is 0 Å². The van der Waals surface area contributed by atoms with Gasteiger partial charge in [0.1, 0.15) is 0 Å². The number of hydrogen-bond acceptors (Lipinski definition) is 1. The standard InChI is InChI=1S/C30H57O/c1-3-5-7-9-11-13-15-17-19-21-23-25-27-30(29-31)28-26-24-22-20-18-16-14-12-10-8-6-4-2/h23,25,30H,3-22,24,26-28H2,1-2H3. The average Bonchev–Trinajstić information content (AvgIpc) is 2.79. The molecular weight excluding hydrogens is 376 g/mol. The Morgan fingerprint density at radius 1 is 0.516 bits per heavy atom. The molecule has 0 spiro atoms. The second-order valence-corrected chi connectivity index (χ2v) is 9.82. The smallest absolute Gasteiger partial charge is 0.202 e. The molecule has 0 amide bonds. The molecule has 0 aromatic carbocycles. The summed E-state index contributed by atoms with van der Waals surface area (Å²) in [5.74, 6) is 0.127. The summed E-state index contributed by atoms with van der Waals surface area (Å²) in [5.41, 5.74) is 0. The van der Waals surface area contributed by atoms with Crippen LogP contribution in [0.1, 0.15) is 168 Å². The maximum atomic E-state index is 11.2. The number of rotatable bonds is 26. The van der Waals surface area contributed by atoms with Crippen LogP contribution in [0, 0.1) is 5.92 Å². The highest BCUT2D eigenvalue weighted by molar-refractivity contribution is 5.54. The van der Waals surface area contributed by atoms with E-state index in [0.29, 0.717) is 0 Å². The van der Waals surface area contributed by atoms with E-state index >= 15 is 0 Å². The summed E-state index contributed by atoms with van der Waals surface area (Å²) in [6, 6.07) is 0. The Morgan fingerprint density at radius 2 is 0.903 bits per heavy atom. The molecule has 0 fully saturated rings. The molecule has 0 saturated carbocycles. The summed E-state index contributed by atoms with van der Waals surface area (Å²) in [6.07, 6.45) is 38.9. The van der Waals surface area contributed by atoms with Crippen LogP contribution in [-0.2, 0) is 4.79 Å². The van der Waals surface area contributed by atoms with Crippen LogP contribution >= 0.6 is 0 Å². The Bertz CT molecular complexity index is 359. The molecule has 0 heterocycles. The van der Waals surface area contributed by atoms with E-state index in [0.717, 1.165) is 12.8 Å². The van der Waals surface area contributed by atoms with Gasteiger partial charge >= 0.3 is 0 Å². The second-order valence-electron chi connectivity index (χ2n) is 9.82. The Labute approximate surface area is 197 Å². The Balaban J connectivity index is 3.37. The molecule has 183 valence electrons. The molecule has 0 saturated heterocycles. The van der Waals surface area contributed by atoms with Crippen molar-refractivity contribution in [3.8, 4) is 0 Å². The third-order valence-corrected chi connectivity index (χ3v) is 6.63. The van der Waals surface area contributed by atoms with E-state index in [9.17, 15) is 4.79 Å². The third kappa shape index (κ3) is 25.5. The van der Waals surface area contributed by atoms with Gasteiger partial charge in [-0.25, -0.2) is 0 Å². The number of hydrogen-bond donors (Lipinski definition) is 0. The summed E-state index contributed by atoms with van der Waals surface area (Å²) in [7, 11) is 0. The summed E-state index contributed by atoms with van der Waals surface area (Å²) < 4.78 is 0. The van der Waals surface area contributed by atoms with Crippen molar-refractivity contribution in [1.82, 2.24) is 0 Å². The van der Waals surface area contributed by atoms with E-state index in [4.69, 9.17) is 0 Å². The molecule has 1 nitrogen and oxygen atoms in total. The molecule has 1 unspecified atom stereocenters. The van der Waals surface area contributed by atoms with Crippen LogP contribution in [0.15, 0.2) is 12.2 Å². The zero-order chi connectivity index (χ0) is 22.7. The molecule has 0 aromatic heterocycles. The molecule has 0 aliphatic heterocycles. The molecule has 0 N–H and O–H groups in total. The van der Waals surface area contributed by atoms with Gasteiger partial charge in [-0.05, 0) is 25.7 Å². The SMILES string of the molecule is CCCCCCCCCCCC=CCC([C]=O)CCCCCCCCCCCCCC. The van der Waals surface area contributed by atoms with E-state index < -0.39 is 0 Å². The van der Waals surface area contributed by atoms with Gasteiger partial charge in [-0.1, -0.05) is 154 Å². The number of carbonyl (C=O) groups excluding carboxylic acids is 1. The van der Waals surface area contributed by atoms with Gasteiger partial charge in [0.05, 0.1) is 0 Å². The lowest BCUT2D eigenvalue weighted by atomic mass is 9.97. The minimum Gasteiger partial charge on any atom is -0.291 e. The van der Waals surface area contributed by atoms with Crippen molar-refractivity contribution in [2.24, 2.45) is 5.92 Å². The fourth-order valence-electron chi connectivity index (χ4n) is 4.41. The van der Waals surface area contributed by atoms with Crippen molar-refractivity contribution in [2.45, 2.75) is 168 Å². The first kappa shape index (κ1) is 30.4. The fourth-order valence-corrected chi connectivity index (χ4v) is 4.41. The topological polar surface area (TPSA) is 17.1 Å². The van der Waals surface area contributed by atoms with Crippen molar-refractivity contribution in [1.29, 1.82) is 0 Å². The van der Waals surface area contributed by atoms with Gasteiger partial charge in [0.2, 0.25) is 6.29 Å². The highest BCUT2D eigenvalue weighted by Gasteiger charge is 2.05. The normalized spacial score (nSPS) is 12.6. The lowest BCUT2D eigenvalue weighted by Gasteiger charge is -2.07. The first-order valence-corrected chi connectivity index (χ1v) is 14.4. The minimum atomic E-state index is 0.127. The van der Waals surface area contributed by atoms with Crippen molar-refractivity contribution in [2.75, 3.05) is 0 Å². The zero-order valence-electron chi connectivity index (χ0n) is 21.6. The van der Waals surface area contributed by atoms with E-state index in [1.807, 2.05) is 0 Å². The van der Waals surface area contributed by atoms with Crippen LogP contribution in [0.2, 0.25) is 0 Å². The van der Waals surface area contributed by atoms with Crippen LogP contribution in [-0.4, -0.2) is 6.29 Å². The largest absolute Gasteiger partial charge is 0.291 e. The maximum absolute atomic E-state index is 11.2. The quantitative estimate of drug-likeness (QED) is 0.0978. The molecule has 0 aliphatic carbocycles. The van der Waals surface area contributed by atoms with E-state index in [1.54, 1.807) is 0 Å². The van der Waals surface area contributed by atoms with Crippen molar-refractivity contribution < 1.29 is 4.79 Å². The predicted octanol–water partition coefficient (Wildman–Crippen LogP) is 10.7. The fraction of sp³-hybridized carbons (Fsp3) is 0.900. The summed E-state index contributed by atoms with van der Waals surface area (Å²) in [6.45, 7) is 4.56. The number of unbranched alkanes of at least 4 members (excludes halogenated alkanes) is 20. The van der Waals surface area contributed by atoms with Gasteiger partial charge in [-0.2, -0.15) is 0 Å². The summed E-state index contributed by atoms with van der Waals surface area (Å²) in [5, 5.41) is 0. The Kier molecular flexibility index (Phi) is 26.9. The lowest BCUT2D eigenvalue weighted by Crippen LogP contribution is -2.00. The Morgan fingerprint density at radius 3 is 1.32 bits per heavy atom. The summed E-state index contributed by atoms with van der Waals surface area (Å²) in [4.78, 5) is 11.2. The van der Waals surface area contributed by atoms with E-state index in [-0.39, 0.29) is 5.92 Å². The van der Waals surface area contributed by atoms with Crippen molar-refractivity contribution >= 4 is 6.29 Å². The van der Waals surface area contributed by atoms with E-state index in [1.165, 1.54) is 141 Å². The molecule has 0 aliphatic rings. The molecule has 1 atom stereocenters. The first-order valence-electron chi connectivity index (χ1n) is 14.4. The summed E-state index contributed by atoms with van der Waals surface area (Å²) >= 11 is 0. The molecule has 31 heavy (non-hydrogen) atoms. The molecule has 1 radical (unpaired) electrons. The van der Waals surface area contributed by atoms with Gasteiger partial charge < -0.3 is 0 Å². The van der Waals surface area contributed by atoms with Crippen molar-refractivity contribution in [3.05, 3.63) is 12.2 Å². The van der Waals surface area contributed by atoms with Gasteiger partial charge in [-0.3, -0.25) is 4.79 Å². The molecule has 1 heteroatoms. The van der Waals surface area contributed by atoms with Crippen molar-refractivity contribution in [3.63, 3.8) is 0 Å². The molecule has 0 rings (SSSR count). The van der Waals surface area contributed by atoms with Crippen LogP contribution in [0.25, 0.3) is 0 Å². The first-order chi connectivity index (χ1) is 15.3. The minimum absolute atomic E-state index is 0.127. The molecule has 0 bridgehead atoms. The lowest BCUT2D eigenvalue weighted by molar-refractivity contribution is 0.484. The van der Waals surface area contributed by atoms with Crippen LogP contribution in [0.3, 0.4) is 0 Å². The molecule has 0 aromatic rings. The van der Waals surface area contributed by atoms with Gasteiger partial charge in [-0.15, -0.1) is 0 Å².